The van der Waals surface area contributed by atoms with E-state index in [4.69, 9.17) is 4.74 Å². The van der Waals surface area contributed by atoms with Crippen molar-refractivity contribution in [1.82, 2.24) is 9.21 Å². The van der Waals surface area contributed by atoms with Crippen LogP contribution in [0.2, 0.25) is 0 Å². The number of sulfonamides is 1. The van der Waals surface area contributed by atoms with Crippen LogP contribution in [0.3, 0.4) is 0 Å². The molecule has 0 radical (unpaired) electrons. The zero-order valence-corrected chi connectivity index (χ0v) is 22.1. The largest absolute Gasteiger partial charge is 0.466 e. The van der Waals surface area contributed by atoms with E-state index in [9.17, 15) is 18.0 Å². The minimum absolute atomic E-state index is 0.172. The van der Waals surface area contributed by atoms with Crippen molar-refractivity contribution >= 4 is 51.0 Å². The van der Waals surface area contributed by atoms with Gasteiger partial charge in [0.15, 0.2) is 0 Å². The molecule has 190 valence electrons. The lowest BCUT2D eigenvalue weighted by molar-refractivity contribution is -0.151. The lowest BCUT2D eigenvalue weighted by atomic mass is 9.96. The van der Waals surface area contributed by atoms with E-state index in [-0.39, 0.29) is 34.5 Å². The van der Waals surface area contributed by atoms with Crippen molar-refractivity contribution in [1.29, 1.82) is 0 Å². The number of carbonyl (C=O) groups is 2. The second-order valence-electron chi connectivity index (χ2n) is 9.35. The molecule has 0 bridgehead atoms. The van der Waals surface area contributed by atoms with Crippen molar-refractivity contribution in [3.8, 4) is 0 Å². The third kappa shape index (κ3) is 5.01. The number of amides is 1. The van der Waals surface area contributed by atoms with Gasteiger partial charge in [0.2, 0.25) is 15.9 Å². The average Bonchev–Trinajstić information content (AvgIpc) is 3.25. The molecule has 0 aromatic heterocycles. The fourth-order valence-corrected chi connectivity index (χ4v) is 7.42. The van der Waals surface area contributed by atoms with E-state index >= 15 is 0 Å². The summed E-state index contributed by atoms with van der Waals surface area (Å²) in [6.45, 7) is 3.09. The molecule has 2 atom stereocenters. The molecular formula is C25H33N3O5S2. The van der Waals surface area contributed by atoms with Crippen LogP contribution in [0.5, 0.6) is 0 Å². The summed E-state index contributed by atoms with van der Waals surface area (Å²) in [4.78, 5) is 29.4. The number of benzene rings is 2. The van der Waals surface area contributed by atoms with E-state index in [1.54, 1.807) is 30.0 Å². The molecule has 2 fully saturated rings. The number of rotatable bonds is 6. The smallest absolute Gasteiger partial charge is 0.309 e. The van der Waals surface area contributed by atoms with Crippen LogP contribution in [-0.4, -0.2) is 81.1 Å². The number of piperidine rings is 1. The van der Waals surface area contributed by atoms with Crippen molar-refractivity contribution in [2.75, 3.05) is 45.2 Å². The van der Waals surface area contributed by atoms with Crippen LogP contribution < -0.4 is 4.90 Å². The van der Waals surface area contributed by atoms with Crippen LogP contribution in [0.15, 0.2) is 41.3 Å². The first-order valence-electron chi connectivity index (χ1n) is 12.0. The summed E-state index contributed by atoms with van der Waals surface area (Å²) in [6.07, 6.45) is 1.39. The molecule has 0 unspecified atom stereocenters. The van der Waals surface area contributed by atoms with Gasteiger partial charge in [-0.05, 0) is 38.3 Å². The van der Waals surface area contributed by atoms with Gasteiger partial charge < -0.3 is 14.5 Å². The molecule has 1 amide bonds. The molecule has 2 aromatic carbocycles. The van der Waals surface area contributed by atoms with Crippen LogP contribution in [0, 0.1) is 5.92 Å². The van der Waals surface area contributed by atoms with Gasteiger partial charge in [0.1, 0.15) is 6.04 Å². The van der Waals surface area contributed by atoms with Crippen LogP contribution >= 0.6 is 12.6 Å². The van der Waals surface area contributed by atoms with Crippen molar-refractivity contribution < 1.29 is 22.7 Å². The van der Waals surface area contributed by atoms with Gasteiger partial charge in [0.25, 0.3) is 0 Å². The second-order valence-corrected chi connectivity index (χ2v) is 11.9. The van der Waals surface area contributed by atoms with E-state index in [2.05, 4.69) is 12.6 Å². The number of hydrogen-bond acceptors (Lipinski definition) is 7. The molecule has 0 aliphatic carbocycles. The third-order valence-electron chi connectivity index (χ3n) is 6.87. The van der Waals surface area contributed by atoms with Gasteiger partial charge in [-0.1, -0.05) is 24.3 Å². The maximum atomic E-state index is 13.9. The monoisotopic (exact) mass is 519 g/mol. The van der Waals surface area contributed by atoms with Crippen LogP contribution in [0.4, 0.5) is 5.69 Å². The number of thiol groups is 1. The maximum absolute atomic E-state index is 13.9. The van der Waals surface area contributed by atoms with Crippen molar-refractivity contribution in [2.24, 2.45) is 5.92 Å². The second kappa shape index (κ2) is 10.4. The highest BCUT2D eigenvalue weighted by molar-refractivity contribution is 7.89. The zero-order chi connectivity index (χ0) is 25.3. The van der Waals surface area contributed by atoms with E-state index in [0.29, 0.717) is 44.3 Å². The van der Waals surface area contributed by atoms with Crippen molar-refractivity contribution in [3.05, 3.63) is 36.4 Å². The topological polar surface area (TPSA) is 87.2 Å². The van der Waals surface area contributed by atoms with E-state index in [1.807, 2.05) is 37.2 Å². The molecule has 2 aliphatic heterocycles. The number of hydrogen-bond donors (Lipinski definition) is 1. The van der Waals surface area contributed by atoms with Crippen molar-refractivity contribution in [2.45, 2.75) is 42.4 Å². The van der Waals surface area contributed by atoms with Crippen LogP contribution in [0.1, 0.15) is 26.2 Å². The number of esters is 1. The molecule has 35 heavy (non-hydrogen) atoms. The minimum Gasteiger partial charge on any atom is -0.466 e. The number of likely N-dealkylation sites (tertiary alicyclic amines) is 1. The van der Waals surface area contributed by atoms with Gasteiger partial charge >= 0.3 is 5.97 Å². The molecule has 0 spiro atoms. The summed E-state index contributed by atoms with van der Waals surface area (Å²) in [6, 6.07) is 10.0. The maximum Gasteiger partial charge on any atom is 0.309 e. The lowest BCUT2D eigenvalue weighted by Gasteiger charge is -2.34. The first-order valence-corrected chi connectivity index (χ1v) is 13.9. The Hall–Kier alpha value is -2.30. The summed E-state index contributed by atoms with van der Waals surface area (Å²) in [5.41, 5.74) is 0.921. The van der Waals surface area contributed by atoms with E-state index in [1.165, 1.54) is 4.31 Å². The van der Waals surface area contributed by atoms with E-state index < -0.39 is 16.1 Å². The number of nitrogens with zero attached hydrogens (tertiary/aromatic N) is 3. The molecule has 0 N–H and O–H groups in total. The summed E-state index contributed by atoms with van der Waals surface area (Å²) < 4.78 is 34.3. The van der Waals surface area contributed by atoms with Crippen molar-refractivity contribution in [3.63, 3.8) is 0 Å². The zero-order valence-electron chi connectivity index (χ0n) is 20.4. The van der Waals surface area contributed by atoms with Gasteiger partial charge in [-0.3, -0.25) is 9.59 Å². The average molecular weight is 520 g/mol. The Morgan fingerprint density at radius 1 is 1.09 bits per heavy atom. The lowest BCUT2D eigenvalue weighted by Crippen LogP contribution is -2.50. The highest BCUT2D eigenvalue weighted by Crippen LogP contribution is 2.36. The number of fused-ring (bicyclic) bond motifs is 1. The standard InChI is InChI=1S/C25H33N3O5S2/c1-4-33-25(30)17-11-13-27(14-12-17)24(29)22-15-18(34)16-28(22)35(31,32)23-10-6-7-19-20(23)8-5-9-21(19)26(2)3/h5-10,17-18,22,34H,4,11-16H2,1-3H3/t18-,22-/m0/s1. The first-order chi connectivity index (χ1) is 16.6. The Bertz CT molecular complexity index is 1210. The molecule has 2 saturated heterocycles. The molecule has 2 aliphatic rings. The van der Waals surface area contributed by atoms with E-state index in [0.717, 1.165) is 11.1 Å². The summed E-state index contributed by atoms with van der Waals surface area (Å²) in [5.74, 6) is -0.670. The van der Waals surface area contributed by atoms with Gasteiger partial charge in [-0.2, -0.15) is 16.9 Å². The van der Waals surface area contributed by atoms with Crippen LogP contribution in [-0.2, 0) is 24.3 Å². The molecule has 8 nitrogen and oxygen atoms in total. The normalized spacial score (nSPS) is 21.9. The van der Waals surface area contributed by atoms with Gasteiger partial charge in [-0.25, -0.2) is 8.42 Å². The first kappa shape index (κ1) is 25.8. The number of carbonyl (C=O) groups excluding carboxylic acids is 2. The molecule has 2 heterocycles. The molecular weight excluding hydrogens is 486 g/mol. The predicted octanol–water partition coefficient (Wildman–Crippen LogP) is 2.77. The molecule has 10 heteroatoms. The molecule has 0 saturated carbocycles. The predicted molar refractivity (Wildman–Crippen MR) is 139 cm³/mol. The third-order valence-corrected chi connectivity index (χ3v) is 9.18. The fraction of sp³-hybridized carbons (Fsp3) is 0.520. The Morgan fingerprint density at radius 3 is 2.40 bits per heavy atom. The Balaban J connectivity index is 1.60. The minimum atomic E-state index is -3.96. The highest BCUT2D eigenvalue weighted by atomic mass is 32.2. The summed E-state index contributed by atoms with van der Waals surface area (Å²) in [5, 5.41) is 1.23. The fourth-order valence-electron chi connectivity index (χ4n) is 5.09. The molecule has 4 rings (SSSR count). The Labute approximate surface area is 212 Å². The van der Waals surface area contributed by atoms with Gasteiger partial charge in [-0.15, -0.1) is 0 Å². The summed E-state index contributed by atoms with van der Waals surface area (Å²) >= 11 is 4.55. The van der Waals surface area contributed by atoms with Gasteiger partial charge in [0, 0.05) is 55.4 Å². The van der Waals surface area contributed by atoms with Gasteiger partial charge in [0.05, 0.1) is 17.4 Å². The van der Waals surface area contributed by atoms with Crippen LogP contribution in [0.25, 0.3) is 10.8 Å². The Kier molecular flexibility index (Phi) is 7.63. The number of anilines is 1. The number of ether oxygens (including phenoxy) is 1. The SMILES string of the molecule is CCOC(=O)C1CCN(C(=O)[C@@H]2C[C@H](S)CN2S(=O)(=O)c2cccc3c(N(C)C)cccc23)CC1. The quantitative estimate of drug-likeness (QED) is 0.467. The molecule has 2 aromatic rings. The summed E-state index contributed by atoms with van der Waals surface area (Å²) in [7, 11) is -0.124. The highest BCUT2D eigenvalue weighted by Gasteiger charge is 2.45. The Morgan fingerprint density at radius 2 is 1.74 bits per heavy atom.